The maximum Gasteiger partial charge on any atom is 0.146 e. The molecule has 3 aromatic rings. The standard InChI is InChI=1S/C27H53BP3.C13H13P.Fe/c1-21(2)29(22(3)4)18-28(27-16-14-13-15-17-27,19-30(23(5)6)24(7)8)20-31(25(9)10)26(11)12;1-14(12-8-4-2-5-9-12)13-10-6-3-7-11-13;/h13-17,21-26H,18-20H2,1-12H3;2-11H,1H3;/q-1;;/p+4. The molecule has 0 aliphatic carbocycles. The fourth-order valence-corrected chi connectivity index (χ4v) is 21.4. The summed E-state index contributed by atoms with van der Waals surface area (Å²) in [7, 11) is -1.78. The van der Waals surface area contributed by atoms with E-state index in [0.717, 1.165) is 34.0 Å². The molecule has 0 spiro atoms. The molecule has 6 heteroatoms. The van der Waals surface area contributed by atoms with Crippen LogP contribution in [0.3, 0.4) is 0 Å². The zero-order valence-electron chi connectivity index (χ0n) is 31.7. The van der Waals surface area contributed by atoms with Gasteiger partial charge in [0.1, 0.15) is 6.15 Å². The van der Waals surface area contributed by atoms with Crippen molar-refractivity contribution in [3.05, 3.63) is 91.0 Å². The third kappa shape index (κ3) is 13.7. The van der Waals surface area contributed by atoms with E-state index in [0.29, 0.717) is 0 Å². The van der Waals surface area contributed by atoms with Crippen molar-refractivity contribution in [2.24, 2.45) is 0 Å². The summed E-state index contributed by atoms with van der Waals surface area (Å²) in [6.45, 7) is 32.6. The molecule has 0 bridgehead atoms. The zero-order chi connectivity index (χ0) is 33.7. The molecule has 3 aromatic carbocycles. The molecule has 0 unspecified atom stereocenters. The van der Waals surface area contributed by atoms with E-state index in [4.69, 9.17) is 0 Å². The Morgan fingerprint density at radius 2 is 0.652 bits per heavy atom. The SMILES string of the molecule is CC(C)[PH+](C[B-](C[PH+](C(C)C)C(C)C)(C[PH+](C(C)C)C(C)C)c1ccccc1)C(C)C.C[PH+](c1ccccc1)c1ccccc1.[Fe]. The van der Waals surface area contributed by atoms with Gasteiger partial charge in [0.2, 0.25) is 0 Å². The Labute approximate surface area is 302 Å². The van der Waals surface area contributed by atoms with Gasteiger partial charge in [0.25, 0.3) is 0 Å². The van der Waals surface area contributed by atoms with Crippen molar-refractivity contribution in [2.75, 3.05) is 24.8 Å². The first-order valence-corrected chi connectivity index (χ1v) is 25.6. The van der Waals surface area contributed by atoms with Crippen LogP contribution >= 0.6 is 31.7 Å². The van der Waals surface area contributed by atoms with Crippen molar-refractivity contribution in [2.45, 2.75) is 117 Å². The molecule has 0 heterocycles. The Bertz CT molecular complexity index is 1070. The minimum Gasteiger partial charge on any atom is -0.197 e. The molecule has 46 heavy (non-hydrogen) atoms. The maximum atomic E-state index is 2.53. The van der Waals surface area contributed by atoms with E-state index >= 15 is 0 Å². The van der Waals surface area contributed by atoms with Crippen molar-refractivity contribution < 1.29 is 17.1 Å². The molecule has 0 radical (unpaired) electrons. The predicted molar refractivity (Wildman–Crippen MR) is 229 cm³/mol. The van der Waals surface area contributed by atoms with E-state index in [1.807, 2.05) is 0 Å². The molecule has 0 saturated heterocycles. The summed E-state index contributed by atoms with van der Waals surface area (Å²) >= 11 is 0. The Kier molecular flexibility index (Phi) is 21.0. The number of rotatable bonds is 15. The average Bonchev–Trinajstić information content (AvgIpc) is 3.01. The quantitative estimate of drug-likeness (QED) is 0.108. The third-order valence-electron chi connectivity index (χ3n) is 10.2. The average molecular weight is 742 g/mol. The number of benzene rings is 3. The van der Waals surface area contributed by atoms with Gasteiger partial charge in [-0.3, -0.25) is 0 Å². The predicted octanol–water partition coefficient (Wildman–Crippen LogP) is 10.5. The van der Waals surface area contributed by atoms with Gasteiger partial charge < -0.3 is 0 Å². The van der Waals surface area contributed by atoms with E-state index in [2.05, 4.69) is 181 Å². The normalized spacial score (nSPS) is 12.3. The molecule has 0 fully saturated rings. The van der Waals surface area contributed by atoms with Crippen molar-refractivity contribution >= 4 is 53.9 Å². The van der Waals surface area contributed by atoms with Crippen molar-refractivity contribution in [1.82, 2.24) is 0 Å². The van der Waals surface area contributed by atoms with Crippen LogP contribution < -0.4 is 16.1 Å². The smallest absolute Gasteiger partial charge is 0.146 e. The molecule has 0 N–H and O–H groups in total. The Hall–Kier alpha value is -0.0356. The molecule has 0 nitrogen and oxygen atoms in total. The second kappa shape index (κ2) is 21.9. The van der Waals surface area contributed by atoms with Crippen LogP contribution in [0.1, 0.15) is 83.1 Å². The molecule has 0 aliphatic rings. The van der Waals surface area contributed by atoms with E-state index < -0.39 is 37.8 Å². The van der Waals surface area contributed by atoms with E-state index in [1.54, 1.807) is 5.46 Å². The maximum absolute atomic E-state index is 2.53. The molecule has 0 atom stereocenters. The summed E-state index contributed by atoms with van der Waals surface area (Å²) in [6.07, 6.45) is -0.509. The van der Waals surface area contributed by atoms with Crippen molar-refractivity contribution in [1.29, 1.82) is 0 Å². The van der Waals surface area contributed by atoms with Gasteiger partial charge in [0, 0.05) is 17.1 Å². The third-order valence-corrected chi connectivity index (χ3v) is 25.3. The molecule has 0 amide bonds. The van der Waals surface area contributed by atoms with Gasteiger partial charge in [-0.25, -0.2) is 0 Å². The first-order chi connectivity index (χ1) is 21.2. The zero-order valence-corrected chi connectivity index (χ0v) is 36.8. The number of hydrogen-bond acceptors (Lipinski definition) is 0. The molecular weight excluding hydrogens is 671 g/mol. The Morgan fingerprint density at radius 3 is 0.891 bits per heavy atom. The largest absolute Gasteiger partial charge is 0.197 e. The molecule has 3 rings (SSSR count). The van der Waals surface area contributed by atoms with Crippen LogP contribution in [0.15, 0.2) is 91.0 Å². The molecular formula is C40H70BFeP4+3. The minimum atomic E-state index is -0.545. The van der Waals surface area contributed by atoms with Gasteiger partial charge in [0.15, 0.2) is 0 Å². The second-order valence-corrected chi connectivity index (χ2v) is 29.5. The van der Waals surface area contributed by atoms with Gasteiger partial charge in [-0.15, -0.1) is 0 Å². The monoisotopic (exact) mass is 741 g/mol. The van der Waals surface area contributed by atoms with E-state index in [9.17, 15) is 0 Å². The molecule has 0 aromatic heterocycles. The van der Waals surface area contributed by atoms with Crippen LogP contribution in [0, 0.1) is 0 Å². The van der Waals surface area contributed by atoms with Crippen molar-refractivity contribution in [3.63, 3.8) is 0 Å². The van der Waals surface area contributed by atoms with Crippen LogP contribution in [0.4, 0.5) is 0 Å². The summed E-state index contributed by atoms with van der Waals surface area (Å²) in [5.41, 5.74) is 6.89. The first-order valence-electron chi connectivity index (χ1n) is 18.0. The number of hydrogen-bond donors (Lipinski definition) is 0. The summed E-state index contributed by atoms with van der Waals surface area (Å²) in [4.78, 5) is 0. The van der Waals surface area contributed by atoms with Gasteiger partial charge in [-0.05, 0) is 131 Å². The van der Waals surface area contributed by atoms with Crippen molar-refractivity contribution in [3.8, 4) is 0 Å². The fourth-order valence-electron chi connectivity index (χ4n) is 7.74. The van der Waals surface area contributed by atoms with Crippen LogP contribution in [-0.2, 0) is 17.1 Å². The van der Waals surface area contributed by atoms with Gasteiger partial charge in [0.05, 0.1) is 59.1 Å². The topological polar surface area (TPSA) is 0 Å². The molecule has 258 valence electrons. The Morgan fingerprint density at radius 1 is 0.413 bits per heavy atom. The molecule has 0 aliphatic heterocycles. The van der Waals surface area contributed by atoms with E-state index in [1.165, 1.54) is 28.8 Å². The van der Waals surface area contributed by atoms with E-state index in [-0.39, 0.29) is 17.1 Å². The van der Waals surface area contributed by atoms with Crippen LogP contribution in [-0.4, -0.2) is 64.9 Å². The van der Waals surface area contributed by atoms with Gasteiger partial charge in [-0.2, -0.15) is 5.46 Å². The summed E-state index contributed by atoms with van der Waals surface area (Å²) in [5.74, 6) is 0. The first kappa shape index (κ1) is 44.0. The fraction of sp³-hybridized carbons (Fsp3) is 0.550. The van der Waals surface area contributed by atoms with Crippen LogP contribution in [0.5, 0.6) is 0 Å². The second-order valence-electron chi connectivity index (χ2n) is 15.5. The van der Waals surface area contributed by atoms with Crippen LogP contribution in [0.2, 0.25) is 0 Å². The summed E-state index contributed by atoms with van der Waals surface area (Å²) in [5, 5.41) is 2.95. The van der Waals surface area contributed by atoms with Gasteiger partial charge in [-0.1, -0.05) is 84.9 Å². The Balaban J connectivity index is 0.000000583. The minimum absolute atomic E-state index is 0. The van der Waals surface area contributed by atoms with Crippen LogP contribution in [0.25, 0.3) is 0 Å². The summed E-state index contributed by atoms with van der Waals surface area (Å²) in [6, 6.07) is 38.1. The van der Waals surface area contributed by atoms with Gasteiger partial charge >= 0.3 is 0 Å². The summed E-state index contributed by atoms with van der Waals surface area (Å²) < 4.78 is 0. The molecule has 0 saturated carbocycles.